The summed E-state index contributed by atoms with van der Waals surface area (Å²) >= 11 is 3.35. The van der Waals surface area contributed by atoms with E-state index in [9.17, 15) is 9.59 Å². The Balaban J connectivity index is 1.98. The predicted octanol–water partition coefficient (Wildman–Crippen LogP) is 4.39. The lowest BCUT2D eigenvalue weighted by molar-refractivity contribution is 0.0730. The summed E-state index contributed by atoms with van der Waals surface area (Å²) in [6, 6.07) is 12.0. The van der Waals surface area contributed by atoms with Crippen molar-refractivity contribution in [1.82, 2.24) is 0 Å². The van der Waals surface area contributed by atoms with Gasteiger partial charge in [0.15, 0.2) is 0 Å². The normalized spacial score (nSPS) is 10.7. The predicted molar refractivity (Wildman–Crippen MR) is 91.1 cm³/mol. The molecule has 0 saturated carbocycles. The molecule has 3 aromatic rings. The SMILES string of the molecule is Cc1ccc(OC(=O)c2cc3cc(Br)ccc3oc2=O)cc1C. The highest BCUT2D eigenvalue weighted by Crippen LogP contribution is 2.21. The zero-order valence-corrected chi connectivity index (χ0v) is 14.1. The number of halogens is 1. The van der Waals surface area contributed by atoms with Crippen molar-refractivity contribution >= 4 is 32.9 Å². The van der Waals surface area contributed by atoms with Gasteiger partial charge in [0.1, 0.15) is 16.9 Å². The van der Waals surface area contributed by atoms with Crippen LogP contribution >= 0.6 is 15.9 Å². The minimum absolute atomic E-state index is 0.131. The fourth-order valence-electron chi connectivity index (χ4n) is 2.18. The lowest BCUT2D eigenvalue weighted by Crippen LogP contribution is -2.18. The zero-order valence-electron chi connectivity index (χ0n) is 12.6. The van der Waals surface area contributed by atoms with E-state index in [1.54, 1.807) is 30.3 Å². The summed E-state index contributed by atoms with van der Waals surface area (Å²) in [6.45, 7) is 3.89. The highest BCUT2D eigenvalue weighted by molar-refractivity contribution is 9.10. The summed E-state index contributed by atoms with van der Waals surface area (Å²) in [5.74, 6) is -0.337. The van der Waals surface area contributed by atoms with Crippen molar-refractivity contribution in [2.24, 2.45) is 0 Å². The molecule has 2 aromatic carbocycles. The van der Waals surface area contributed by atoms with Crippen LogP contribution in [-0.2, 0) is 0 Å². The highest BCUT2D eigenvalue weighted by atomic mass is 79.9. The van der Waals surface area contributed by atoms with E-state index in [0.717, 1.165) is 15.6 Å². The number of hydrogen-bond acceptors (Lipinski definition) is 4. The first-order chi connectivity index (χ1) is 10.9. The van der Waals surface area contributed by atoms with E-state index in [-0.39, 0.29) is 5.56 Å². The summed E-state index contributed by atoms with van der Waals surface area (Å²) in [6.07, 6.45) is 0. The van der Waals surface area contributed by atoms with Gasteiger partial charge in [-0.1, -0.05) is 22.0 Å². The number of ether oxygens (including phenoxy) is 1. The summed E-state index contributed by atoms with van der Waals surface area (Å²) in [5, 5.41) is 0.644. The molecule has 4 nitrogen and oxygen atoms in total. The van der Waals surface area contributed by atoms with Gasteiger partial charge in [0.25, 0.3) is 0 Å². The number of carbonyl (C=O) groups is 1. The maximum atomic E-state index is 12.3. The van der Waals surface area contributed by atoms with Gasteiger partial charge < -0.3 is 9.15 Å². The van der Waals surface area contributed by atoms with Gasteiger partial charge >= 0.3 is 11.6 Å². The zero-order chi connectivity index (χ0) is 16.6. The van der Waals surface area contributed by atoms with Crippen molar-refractivity contribution in [3.63, 3.8) is 0 Å². The minimum Gasteiger partial charge on any atom is -0.423 e. The van der Waals surface area contributed by atoms with Crippen LogP contribution in [0.15, 0.2) is 56.1 Å². The first kappa shape index (κ1) is 15.5. The van der Waals surface area contributed by atoms with Gasteiger partial charge in [0.2, 0.25) is 0 Å². The molecular weight excluding hydrogens is 360 g/mol. The van der Waals surface area contributed by atoms with Gasteiger partial charge in [-0.2, -0.15) is 0 Å². The second kappa shape index (κ2) is 6.01. The smallest absolute Gasteiger partial charge is 0.351 e. The molecular formula is C18H13BrO4. The second-order valence-electron chi connectivity index (χ2n) is 5.27. The van der Waals surface area contributed by atoms with Crippen LogP contribution in [-0.4, -0.2) is 5.97 Å². The Morgan fingerprint density at radius 2 is 1.83 bits per heavy atom. The van der Waals surface area contributed by atoms with Crippen LogP contribution in [0.25, 0.3) is 11.0 Å². The van der Waals surface area contributed by atoms with Crippen LogP contribution in [0, 0.1) is 13.8 Å². The lowest BCUT2D eigenvalue weighted by Gasteiger charge is -2.07. The van der Waals surface area contributed by atoms with Crippen LogP contribution in [0.5, 0.6) is 5.75 Å². The maximum Gasteiger partial charge on any atom is 0.351 e. The molecule has 0 aliphatic carbocycles. The number of rotatable bonds is 2. The Morgan fingerprint density at radius 3 is 2.57 bits per heavy atom. The van der Waals surface area contributed by atoms with Crippen molar-refractivity contribution in [1.29, 1.82) is 0 Å². The van der Waals surface area contributed by atoms with Gasteiger partial charge in [-0.25, -0.2) is 9.59 Å². The Bertz CT molecular complexity index is 972. The summed E-state index contributed by atoms with van der Waals surface area (Å²) in [7, 11) is 0. The number of fused-ring (bicyclic) bond motifs is 1. The first-order valence-corrected chi connectivity index (χ1v) is 7.76. The Morgan fingerprint density at radius 1 is 1.04 bits per heavy atom. The third-order valence-corrected chi connectivity index (χ3v) is 4.10. The summed E-state index contributed by atoms with van der Waals surface area (Å²) in [5.41, 5.74) is 1.67. The van der Waals surface area contributed by atoms with E-state index in [0.29, 0.717) is 16.7 Å². The fourth-order valence-corrected chi connectivity index (χ4v) is 2.55. The van der Waals surface area contributed by atoms with Crippen LogP contribution in [0.1, 0.15) is 21.5 Å². The number of hydrogen-bond donors (Lipinski definition) is 0. The Kier molecular flexibility index (Phi) is 4.05. The van der Waals surface area contributed by atoms with Gasteiger partial charge in [0, 0.05) is 9.86 Å². The fraction of sp³-hybridized carbons (Fsp3) is 0.111. The monoisotopic (exact) mass is 372 g/mol. The van der Waals surface area contributed by atoms with Crippen LogP contribution in [0.4, 0.5) is 0 Å². The molecule has 0 N–H and O–H groups in total. The quantitative estimate of drug-likeness (QED) is 0.380. The van der Waals surface area contributed by atoms with E-state index in [2.05, 4.69) is 15.9 Å². The molecule has 0 radical (unpaired) electrons. The number of aryl methyl sites for hydroxylation is 2. The Hall–Kier alpha value is -2.40. The van der Waals surface area contributed by atoms with E-state index < -0.39 is 11.6 Å². The van der Waals surface area contributed by atoms with E-state index in [1.807, 2.05) is 19.9 Å². The molecule has 0 bridgehead atoms. The van der Waals surface area contributed by atoms with E-state index in [4.69, 9.17) is 9.15 Å². The van der Waals surface area contributed by atoms with Gasteiger partial charge in [-0.15, -0.1) is 0 Å². The number of carbonyl (C=O) groups excluding carboxylic acids is 1. The molecule has 23 heavy (non-hydrogen) atoms. The van der Waals surface area contributed by atoms with Crippen LogP contribution in [0.2, 0.25) is 0 Å². The Labute approximate surface area is 140 Å². The minimum atomic E-state index is -0.733. The topological polar surface area (TPSA) is 56.5 Å². The largest absolute Gasteiger partial charge is 0.423 e. The number of benzene rings is 2. The van der Waals surface area contributed by atoms with Crippen molar-refractivity contribution in [3.05, 3.63) is 74.0 Å². The molecule has 116 valence electrons. The second-order valence-corrected chi connectivity index (χ2v) is 6.18. The molecule has 0 atom stereocenters. The van der Waals surface area contributed by atoms with Gasteiger partial charge in [0.05, 0.1) is 0 Å². The molecule has 0 aliphatic rings. The highest BCUT2D eigenvalue weighted by Gasteiger charge is 2.16. The summed E-state index contributed by atoms with van der Waals surface area (Å²) < 4.78 is 11.3. The van der Waals surface area contributed by atoms with Gasteiger partial charge in [-0.3, -0.25) is 0 Å². The molecule has 5 heteroatoms. The van der Waals surface area contributed by atoms with Crippen molar-refractivity contribution in [2.75, 3.05) is 0 Å². The third-order valence-electron chi connectivity index (χ3n) is 3.60. The average molecular weight is 373 g/mol. The molecule has 0 amide bonds. The molecule has 0 unspecified atom stereocenters. The maximum absolute atomic E-state index is 12.3. The molecule has 0 spiro atoms. The average Bonchev–Trinajstić information content (AvgIpc) is 2.50. The van der Waals surface area contributed by atoms with Crippen LogP contribution in [0.3, 0.4) is 0 Å². The molecule has 0 aliphatic heterocycles. The van der Waals surface area contributed by atoms with Crippen molar-refractivity contribution < 1.29 is 13.9 Å². The summed E-state index contributed by atoms with van der Waals surface area (Å²) in [4.78, 5) is 24.3. The van der Waals surface area contributed by atoms with E-state index in [1.165, 1.54) is 6.07 Å². The standard InChI is InChI=1S/C18H13BrO4/c1-10-3-5-14(7-11(10)2)22-17(20)15-9-12-8-13(19)4-6-16(12)23-18(15)21/h3-9H,1-2H3. The number of esters is 1. The van der Waals surface area contributed by atoms with Crippen molar-refractivity contribution in [3.8, 4) is 5.75 Å². The first-order valence-electron chi connectivity index (χ1n) is 6.97. The van der Waals surface area contributed by atoms with Gasteiger partial charge in [-0.05, 0) is 61.4 Å². The molecule has 3 rings (SSSR count). The third kappa shape index (κ3) is 3.19. The molecule has 1 aromatic heterocycles. The van der Waals surface area contributed by atoms with Crippen LogP contribution < -0.4 is 10.4 Å². The van der Waals surface area contributed by atoms with Crippen molar-refractivity contribution in [2.45, 2.75) is 13.8 Å². The molecule has 0 fully saturated rings. The van der Waals surface area contributed by atoms with E-state index >= 15 is 0 Å². The molecule has 1 heterocycles. The lowest BCUT2D eigenvalue weighted by atomic mass is 10.1. The molecule has 0 saturated heterocycles.